The Kier molecular flexibility index (Phi) is 9.18. The SMILES string of the molecule is N#Cc1cc(-n2c3ccccc3c3ccc(-c4ccnc(-c5ccccc5)c4)cc32)c(-c2c(F)cccc2F)c(-n2c3ccccc3c3ccc(-c4ccnc(-c5ccccc5)c4)cc32)c1. The van der Waals surface area contributed by atoms with E-state index >= 15 is 8.78 Å². The molecule has 0 amide bonds. The van der Waals surface area contributed by atoms with Gasteiger partial charge in [-0.15, -0.1) is 0 Å². The number of fused-ring (bicyclic) bond motifs is 6. The van der Waals surface area contributed by atoms with Crippen molar-refractivity contribution in [1.82, 2.24) is 19.1 Å². The van der Waals surface area contributed by atoms with E-state index in [0.29, 0.717) is 22.5 Å². The lowest BCUT2D eigenvalue weighted by atomic mass is 9.96. The van der Waals surface area contributed by atoms with Crippen LogP contribution in [0.5, 0.6) is 0 Å². The summed E-state index contributed by atoms with van der Waals surface area (Å²) in [5, 5.41) is 14.7. The quantitative estimate of drug-likeness (QED) is 0.160. The van der Waals surface area contributed by atoms with Gasteiger partial charge in [-0.2, -0.15) is 5.26 Å². The second-order valence-corrected chi connectivity index (χ2v) is 16.4. The van der Waals surface area contributed by atoms with Gasteiger partial charge in [0, 0.05) is 50.6 Å². The summed E-state index contributed by atoms with van der Waals surface area (Å²) < 4.78 is 37.7. The number of nitriles is 1. The second kappa shape index (κ2) is 15.7. The smallest absolute Gasteiger partial charge is 0.134 e. The molecule has 0 bridgehead atoms. The molecule has 0 fully saturated rings. The minimum absolute atomic E-state index is 0.195. The van der Waals surface area contributed by atoms with E-state index in [0.717, 1.165) is 88.4 Å². The minimum atomic E-state index is -0.722. The van der Waals surface area contributed by atoms with Crippen molar-refractivity contribution in [2.75, 3.05) is 0 Å². The Hall–Kier alpha value is -8.99. The number of aromatic nitrogens is 4. The Bertz CT molecular complexity index is 3680. The molecule has 12 aromatic rings. The Morgan fingerprint density at radius 2 is 0.788 bits per heavy atom. The summed E-state index contributed by atoms with van der Waals surface area (Å²) in [6.07, 6.45) is 3.63. The van der Waals surface area contributed by atoms with Crippen molar-refractivity contribution in [1.29, 1.82) is 5.26 Å². The molecule has 0 N–H and O–H groups in total. The van der Waals surface area contributed by atoms with E-state index in [4.69, 9.17) is 0 Å². The number of para-hydroxylation sites is 2. The Balaban J connectivity index is 1.16. The predicted molar refractivity (Wildman–Crippen MR) is 263 cm³/mol. The molecule has 0 aliphatic heterocycles. The lowest BCUT2D eigenvalue weighted by molar-refractivity contribution is 0.589. The summed E-state index contributed by atoms with van der Waals surface area (Å²) >= 11 is 0. The highest BCUT2D eigenvalue weighted by Gasteiger charge is 2.27. The first-order chi connectivity index (χ1) is 32.5. The molecule has 0 aliphatic rings. The highest BCUT2D eigenvalue weighted by molar-refractivity contribution is 6.13. The van der Waals surface area contributed by atoms with Gasteiger partial charge in [-0.1, -0.05) is 127 Å². The molecule has 0 atom stereocenters. The third-order valence-electron chi connectivity index (χ3n) is 12.6. The largest absolute Gasteiger partial charge is 0.308 e. The van der Waals surface area contributed by atoms with Gasteiger partial charge in [-0.05, 0) is 95.1 Å². The highest BCUT2D eigenvalue weighted by Crippen LogP contribution is 2.45. The maximum Gasteiger partial charge on any atom is 0.134 e. The van der Waals surface area contributed by atoms with E-state index in [1.54, 1.807) is 12.1 Å². The van der Waals surface area contributed by atoms with Crippen molar-refractivity contribution in [3.63, 3.8) is 0 Å². The van der Waals surface area contributed by atoms with Gasteiger partial charge >= 0.3 is 0 Å². The molecule has 7 heteroatoms. The second-order valence-electron chi connectivity index (χ2n) is 16.4. The minimum Gasteiger partial charge on any atom is -0.308 e. The van der Waals surface area contributed by atoms with Crippen molar-refractivity contribution >= 4 is 43.6 Å². The van der Waals surface area contributed by atoms with E-state index in [9.17, 15) is 5.26 Å². The lowest BCUT2D eigenvalue weighted by Crippen LogP contribution is -2.07. The predicted octanol–water partition coefficient (Wildman–Crippen LogP) is 15.2. The molecule has 5 nitrogen and oxygen atoms in total. The maximum atomic E-state index is 16.8. The van der Waals surface area contributed by atoms with E-state index in [2.05, 4.69) is 85.8 Å². The zero-order valence-corrected chi connectivity index (χ0v) is 35.2. The van der Waals surface area contributed by atoms with Crippen LogP contribution in [0.3, 0.4) is 0 Å². The normalized spacial score (nSPS) is 11.5. The molecule has 310 valence electrons. The van der Waals surface area contributed by atoms with E-state index < -0.39 is 11.6 Å². The van der Waals surface area contributed by atoms with Crippen LogP contribution in [0.25, 0.3) is 111 Å². The molecular formula is C59H35F2N5. The monoisotopic (exact) mass is 851 g/mol. The standard InChI is InChI=1S/C59H35F2N5/c60-48-18-11-19-49(61)58(48)59-56(65-52-20-9-7-16-44(52)46-24-22-40(34-54(46)65)42-26-28-63-50(32-42)38-12-3-1-4-13-38)30-37(36-62)31-57(59)66-53-21-10-8-17-45(53)47-25-23-41(35-55(47)66)43-27-29-64-51(33-43)39-14-5-2-6-15-39/h1-35H. The highest BCUT2D eigenvalue weighted by atomic mass is 19.1. The Morgan fingerprint density at radius 1 is 0.364 bits per heavy atom. The summed E-state index contributed by atoms with van der Waals surface area (Å²) in [6, 6.07) is 66.8. The first-order valence-electron chi connectivity index (χ1n) is 21.7. The molecule has 0 aliphatic carbocycles. The summed E-state index contributed by atoms with van der Waals surface area (Å²) in [5.41, 5.74) is 12.1. The van der Waals surface area contributed by atoms with Crippen LogP contribution < -0.4 is 0 Å². The van der Waals surface area contributed by atoms with Crippen LogP contribution in [0.15, 0.2) is 213 Å². The average molecular weight is 852 g/mol. The van der Waals surface area contributed by atoms with Gasteiger partial charge in [0.2, 0.25) is 0 Å². The summed E-state index contributed by atoms with van der Waals surface area (Å²) in [5.74, 6) is -1.44. The molecule has 0 saturated heterocycles. The molecule has 0 saturated carbocycles. The Morgan fingerprint density at radius 3 is 1.26 bits per heavy atom. The van der Waals surface area contributed by atoms with Crippen molar-refractivity contribution in [3.05, 3.63) is 230 Å². The topological polar surface area (TPSA) is 59.4 Å². The number of benzene rings is 8. The third kappa shape index (κ3) is 6.35. The Labute approximate surface area is 378 Å². The number of pyridine rings is 2. The van der Waals surface area contributed by atoms with Gasteiger partial charge in [0.25, 0.3) is 0 Å². The van der Waals surface area contributed by atoms with E-state index in [1.165, 1.54) is 18.2 Å². The zero-order valence-electron chi connectivity index (χ0n) is 35.2. The lowest BCUT2D eigenvalue weighted by Gasteiger charge is -2.21. The van der Waals surface area contributed by atoms with Crippen LogP contribution in [0.4, 0.5) is 8.78 Å². The number of hydrogen-bond acceptors (Lipinski definition) is 3. The van der Waals surface area contributed by atoms with Crippen molar-refractivity contribution in [2.45, 2.75) is 0 Å². The van der Waals surface area contributed by atoms with Crippen molar-refractivity contribution in [2.24, 2.45) is 0 Å². The van der Waals surface area contributed by atoms with Crippen molar-refractivity contribution < 1.29 is 8.78 Å². The van der Waals surface area contributed by atoms with Crippen LogP contribution >= 0.6 is 0 Å². The van der Waals surface area contributed by atoms with Gasteiger partial charge in [-0.25, -0.2) is 8.78 Å². The summed E-state index contributed by atoms with van der Waals surface area (Å²) in [6.45, 7) is 0. The van der Waals surface area contributed by atoms with Gasteiger partial charge in [0.05, 0.1) is 62.0 Å². The molecule has 0 unspecified atom stereocenters. The fourth-order valence-electron chi connectivity index (χ4n) is 9.59. The van der Waals surface area contributed by atoms with Gasteiger partial charge in [-0.3, -0.25) is 9.97 Å². The first kappa shape index (κ1) is 38.7. The van der Waals surface area contributed by atoms with Crippen LogP contribution in [0, 0.1) is 23.0 Å². The number of halogens is 2. The molecule has 66 heavy (non-hydrogen) atoms. The fourth-order valence-corrected chi connectivity index (χ4v) is 9.59. The number of nitrogens with zero attached hydrogens (tertiary/aromatic N) is 5. The van der Waals surface area contributed by atoms with Crippen LogP contribution in [0.2, 0.25) is 0 Å². The molecule has 4 aromatic heterocycles. The molecule has 0 spiro atoms. The van der Waals surface area contributed by atoms with Gasteiger partial charge < -0.3 is 9.13 Å². The van der Waals surface area contributed by atoms with E-state index in [1.807, 2.05) is 122 Å². The van der Waals surface area contributed by atoms with Crippen LogP contribution in [0.1, 0.15) is 5.56 Å². The first-order valence-corrected chi connectivity index (χ1v) is 21.7. The molecule has 0 radical (unpaired) electrons. The number of rotatable bonds is 7. The molecular weight excluding hydrogens is 817 g/mol. The molecule has 4 heterocycles. The summed E-state index contributed by atoms with van der Waals surface area (Å²) in [7, 11) is 0. The third-order valence-corrected chi connectivity index (χ3v) is 12.6. The fraction of sp³-hybridized carbons (Fsp3) is 0. The van der Waals surface area contributed by atoms with Crippen LogP contribution in [-0.2, 0) is 0 Å². The van der Waals surface area contributed by atoms with Crippen molar-refractivity contribution in [3.8, 4) is 73.3 Å². The maximum absolute atomic E-state index is 16.8. The van der Waals surface area contributed by atoms with Gasteiger partial charge in [0.1, 0.15) is 11.6 Å². The molecule has 8 aromatic carbocycles. The van der Waals surface area contributed by atoms with Gasteiger partial charge in [0.15, 0.2) is 0 Å². The number of hydrogen-bond donors (Lipinski definition) is 0. The zero-order chi connectivity index (χ0) is 44.3. The van der Waals surface area contributed by atoms with Crippen LogP contribution in [-0.4, -0.2) is 19.1 Å². The molecule has 12 rings (SSSR count). The average Bonchev–Trinajstić information content (AvgIpc) is 3.89. The van der Waals surface area contributed by atoms with E-state index in [-0.39, 0.29) is 5.56 Å². The summed E-state index contributed by atoms with van der Waals surface area (Å²) in [4.78, 5) is 9.36.